The Morgan fingerprint density at radius 1 is 1.24 bits per heavy atom. The Kier molecular flexibility index (Phi) is 3.34. The highest BCUT2D eigenvalue weighted by atomic mass is 16.5. The van der Waals surface area contributed by atoms with Crippen molar-refractivity contribution in [3.8, 4) is 0 Å². The molecule has 0 bridgehead atoms. The lowest BCUT2D eigenvalue weighted by Gasteiger charge is -2.26. The lowest BCUT2D eigenvalue weighted by molar-refractivity contribution is -0.125. The zero-order valence-corrected chi connectivity index (χ0v) is 10.3. The van der Waals surface area contributed by atoms with Crippen molar-refractivity contribution in [2.45, 2.75) is 44.2 Å². The Hall–Kier alpha value is -0.610. The number of nitrogens with one attached hydrogen (secondary N) is 2. The van der Waals surface area contributed by atoms with Crippen molar-refractivity contribution >= 4 is 5.91 Å². The third-order valence-corrected chi connectivity index (χ3v) is 4.54. The van der Waals surface area contributed by atoms with Crippen LogP contribution in [0.15, 0.2) is 0 Å². The van der Waals surface area contributed by atoms with E-state index >= 15 is 0 Å². The van der Waals surface area contributed by atoms with Crippen LogP contribution in [-0.2, 0) is 9.53 Å². The molecule has 2 saturated heterocycles. The standard InChI is InChI=1S/C13H22N2O2/c16-13(15-10-4-2-6-17-8-10)12-11-5-1-3-9(11)7-14-12/h9-12,14H,1-8H2,(H,15,16). The Balaban J connectivity index is 1.55. The summed E-state index contributed by atoms with van der Waals surface area (Å²) >= 11 is 0. The van der Waals surface area contributed by atoms with E-state index in [4.69, 9.17) is 4.74 Å². The molecule has 0 spiro atoms. The first-order valence-electron chi connectivity index (χ1n) is 6.96. The van der Waals surface area contributed by atoms with Crippen molar-refractivity contribution in [2.75, 3.05) is 19.8 Å². The normalized spacial score (nSPS) is 41.2. The molecule has 2 aliphatic heterocycles. The quantitative estimate of drug-likeness (QED) is 0.743. The maximum absolute atomic E-state index is 12.2. The molecule has 2 N–H and O–H groups in total. The average molecular weight is 238 g/mol. The highest BCUT2D eigenvalue weighted by molar-refractivity contribution is 5.82. The fourth-order valence-corrected chi connectivity index (χ4v) is 3.62. The maximum atomic E-state index is 12.2. The summed E-state index contributed by atoms with van der Waals surface area (Å²) in [5.41, 5.74) is 0. The van der Waals surface area contributed by atoms with Gasteiger partial charge in [0.25, 0.3) is 0 Å². The SMILES string of the molecule is O=C(NC1CCCOC1)C1NCC2CCCC21. The van der Waals surface area contributed by atoms with E-state index in [1.165, 1.54) is 19.3 Å². The van der Waals surface area contributed by atoms with Crippen LogP contribution in [0.4, 0.5) is 0 Å². The van der Waals surface area contributed by atoms with Crippen molar-refractivity contribution in [1.82, 2.24) is 10.6 Å². The van der Waals surface area contributed by atoms with E-state index < -0.39 is 0 Å². The number of carbonyl (C=O) groups excluding carboxylic acids is 1. The molecule has 4 nitrogen and oxygen atoms in total. The third-order valence-electron chi connectivity index (χ3n) is 4.54. The minimum absolute atomic E-state index is 0.0597. The molecule has 1 aliphatic carbocycles. The average Bonchev–Trinajstić information content (AvgIpc) is 2.91. The van der Waals surface area contributed by atoms with Gasteiger partial charge in [0.05, 0.1) is 18.7 Å². The van der Waals surface area contributed by atoms with Crippen LogP contribution in [0.2, 0.25) is 0 Å². The predicted octanol–water partition coefficient (Wildman–Crippen LogP) is 0.670. The maximum Gasteiger partial charge on any atom is 0.237 e. The molecule has 1 saturated carbocycles. The van der Waals surface area contributed by atoms with Gasteiger partial charge in [-0.05, 0) is 44.1 Å². The van der Waals surface area contributed by atoms with Gasteiger partial charge in [0.1, 0.15) is 0 Å². The van der Waals surface area contributed by atoms with Crippen molar-refractivity contribution < 1.29 is 9.53 Å². The van der Waals surface area contributed by atoms with E-state index in [2.05, 4.69) is 10.6 Å². The summed E-state index contributed by atoms with van der Waals surface area (Å²) in [6, 6.07) is 0.294. The summed E-state index contributed by atoms with van der Waals surface area (Å²) in [4.78, 5) is 12.2. The van der Waals surface area contributed by atoms with Crippen molar-refractivity contribution in [2.24, 2.45) is 11.8 Å². The molecule has 3 aliphatic rings. The summed E-state index contributed by atoms with van der Waals surface area (Å²) in [6.07, 6.45) is 5.94. The van der Waals surface area contributed by atoms with E-state index in [9.17, 15) is 4.79 Å². The summed E-state index contributed by atoms with van der Waals surface area (Å²) in [5, 5.41) is 6.54. The first-order chi connectivity index (χ1) is 8.34. The fraction of sp³-hybridized carbons (Fsp3) is 0.923. The molecular weight excluding hydrogens is 216 g/mol. The van der Waals surface area contributed by atoms with Crippen LogP contribution in [0.25, 0.3) is 0 Å². The number of fused-ring (bicyclic) bond motifs is 1. The minimum Gasteiger partial charge on any atom is -0.379 e. The van der Waals surface area contributed by atoms with Crippen LogP contribution in [0.1, 0.15) is 32.1 Å². The number of amides is 1. The molecule has 3 rings (SSSR count). The monoisotopic (exact) mass is 238 g/mol. The van der Waals surface area contributed by atoms with Gasteiger partial charge in [-0.3, -0.25) is 4.79 Å². The minimum atomic E-state index is 0.0597. The van der Waals surface area contributed by atoms with Crippen LogP contribution < -0.4 is 10.6 Å². The molecule has 4 heteroatoms. The second-order valence-electron chi connectivity index (χ2n) is 5.66. The van der Waals surface area contributed by atoms with Crippen LogP contribution in [0, 0.1) is 11.8 Å². The van der Waals surface area contributed by atoms with Gasteiger partial charge in [-0.1, -0.05) is 6.42 Å². The van der Waals surface area contributed by atoms with Crippen LogP contribution in [0.5, 0.6) is 0 Å². The molecule has 1 amide bonds. The van der Waals surface area contributed by atoms with Crippen molar-refractivity contribution in [3.63, 3.8) is 0 Å². The lowest BCUT2D eigenvalue weighted by atomic mass is 9.93. The fourth-order valence-electron chi connectivity index (χ4n) is 3.62. The Bertz CT molecular complexity index is 289. The number of ether oxygens (including phenoxy) is 1. The molecule has 0 radical (unpaired) electrons. The first kappa shape index (κ1) is 11.5. The summed E-state index contributed by atoms with van der Waals surface area (Å²) in [7, 11) is 0. The number of hydrogen-bond donors (Lipinski definition) is 2. The molecule has 2 heterocycles. The highest BCUT2D eigenvalue weighted by Crippen LogP contribution is 2.37. The van der Waals surface area contributed by atoms with Gasteiger partial charge in [-0.25, -0.2) is 0 Å². The number of rotatable bonds is 2. The van der Waals surface area contributed by atoms with Crippen molar-refractivity contribution in [3.05, 3.63) is 0 Å². The first-order valence-corrected chi connectivity index (χ1v) is 6.96. The largest absolute Gasteiger partial charge is 0.379 e. The van der Waals surface area contributed by atoms with E-state index in [1.807, 2.05) is 0 Å². The summed E-state index contributed by atoms with van der Waals surface area (Å²) < 4.78 is 5.40. The highest BCUT2D eigenvalue weighted by Gasteiger charge is 2.42. The van der Waals surface area contributed by atoms with Gasteiger partial charge in [0.15, 0.2) is 0 Å². The van der Waals surface area contributed by atoms with Crippen molar-refractivity contribution in [1.29, 1.82) is 0 Å². The zero-order chi connectivity index (χ0) is 11.7. The Labute approximate surface area is 102 Å². The van der Waals surface area contributed by atoms with E-state index in [0.29, 0.717) is 12.5 Å². The van der Waals surface area contributed by atoms with Crippen LogP contribution in [0.3, 0.4) is 0 Å². The molecule has 96 valence electrons. The Morgan fingerprint density at radius 3 is 3.00 bits per heavy atom. The van der Waals surface area contributed by atoms with E-state index in [0.717, 1.165) is 31.9 Å². The molecule has 3 fully saturated rings. The summed E-state index contributed by atoms with van der Waals surface area (Å²) in [5.74, 6) is 1.53. The topological polar surface area (TPSA) is 50.4 Å². The summed E-state index contributed by atoms with van der Waals surface area (Å²) in [6.45, 7) is 2.56. The molecule has 0 aromatic heterocycles. The van der Waals surface area contributed by atoms with Gasteiger partial charge in [-0.15, -0.1) is 0 Å². The molecule has 0 aromatic rings. The second-order valence-corrected chi connectivity index (χ2v) is 5.66. The van der Waals surface area contributed by atoms with Crippen LogP contribution >= 0.6 is 0 Å². The van der Waals surface area contributed by atoms with Gasteiger partial charge in [0.2, 0.25) is 5.91 Å². The zero-order valence-electron chi connectivity index (χ0n) is 10.3. The third kappa shape index (κ3) is 2.33. The molecule has 4 atom stereocenters. The molecular formula is C13H22N2O2. The van der Waals surface area contributed by atoms with Gasteiger partial charge < -0.3 is 15.4 Å². The van der Waals surface area contributed by atoms with Crippen LogP contribution in [-0.4, -0.2) is 37.7 Å². The predicted molar refractivity (Wildman–Crippen MR) is 64.6 cm³/mol. The van der Waals surface area contributed by atoms with E-state index in [1.54, 1.807) is 0 Å². The molecule has 17 heavy (non-hydrogen) atoms. The number of hydrogen-bond acceptors (Lipinski definition) is 3. The smallest absolute Gasteiger partial charge is 0.237 e. The Morgan fingerprint density at radius 2 is 2.18 bits per heavy atom. The number of carbonyl (C=O) groups is 1. The van der Waals surface area contributed by atoms with Gasteiger partial charge in [-0.2, -0.15) is 0 Å². The molecule has 4 unspecified atom stereocenters. The van der Waals surface area contributed by atoms with Gasteiger partial charge in [0, 0.05) is 6.61 Å². The van der Waals surface area contributed by atoms with E-state index in [-0.39, 0.29) is 18.0 Å². The molecule has 0 aromatic carbocycles. The second kappa shape index (κ2) is 4.94. The lowest BCUT2D eigenvalue weighted by Crippen LogP contribution is -2.49. The van der Waals surface area contributed by atoms with Gasteiger partial charge >= 0.3 is 0 Å².